The highest BCUT2D eigenvalue weighted by Crippen LogP contribution is 2.35. The van der Waals surface area contributed by atoms with Crippen molar-refractivity contribution in [2.75, 3.05) is 12.4 Å². The van der Waals surface area contributed by atoms with Gasteiger partial charge < -0.3 is 15.0 Å². The normalized spacial score (nSPS) is 15.5. The van der Waals surface area contributed by atoms with Gasteiger partial charge >= 0.3 is 0 Å². The average Bonchev–Trinajstić information content (AvgIpc) is 2.96. The average molecular weight is 373 g/mol. The number of methoxy groups -OCH3 is 1. The summed E-state index contributed by atoms with van der Waals surface area (Å²) in [6.07, 6.45) is 1.42. The van der Waals surface area contributed by atoms with Gasteiger partial charge in [-0.3, -0.25) is 9.78 Å². The monoisotopic (exact) mass is 373 g/mol. The van der Waals surface area contributed by atoms with E-state index in [-0.39, 0.29) is 12.1 Å². The summed E-state index contributed by atoms with van der Waals surface area (Å²) in [7, 11) is 1.64. The Morgan fingerprint density at radius 1 is 1.11 bits per heavy atom. The number of ether oxygens (including phenoxy) is 1. The summed E-state index contributed by atoms with van der Waals surface area (Å²) in [5.74, 6) is 0.785. The molecule has 1 N–H and O–H groups in total. The standard InChI is InChI=1S/C23H23N3O2/c1-15-6-11-20(16(2)13-15)25-22-21-19(5-4-12-24-21)23(27)26(22)14-17-7-9-18(28-3)10-8-17/h4-13,22,25H,14H2,1-3H3/t22-/m0/s1. The second kappa shape index (κ2) is 7.35. The van der Waals surface area contributed by atoms with E-state index in [4.69, 9.17) is 4.74 Å². The van der Waals surface area contributed by atoms with Gasteiger partial charge in [-0.25, -0.2) is 0 Å². The van der Waals surface area contributed by atoms with E-state index in [0.717, 1.165) is 28.3 Å². The molecular weight excluding hydrogens is 350 g/mol. The van der Waals surface area contributed by atoms with Crippen LogP contribution in [0.5, 0.6) is 5.75 Å². The Morgan fingerprint density at radius 2 is 1.89 bits per heavy atom. The highest BCUT2D eigenvalue weighted by Gasteiger charge is 2.38. The molecule has 1 aliphatic rings. The molecule has 2 aromatic carbocycles. The first-order valence-corrected chi connectivity index (χ1v) is 9.29. The van der Waals surface area contributed by atoms with E-state index in [1.54, 1.807) is 13.3 Å². The Kier molecular flexibility index (Phi) is 4.74. The highest BCUT2D eigenvalue weighted by molar-refractivity contribution is 5.98. The van der Waals surface area contributed by atoms with E-state index in [1.807, 2.05) is 41.3 Å². The minimum atomic E-state index is -0.313. The van der Waals surface area contributed by atoms with Crippen molar-refractivity contribution in [1.82, 2.24) is 9.88 Å². The Bertz CT molecular complexity index is 1010. The number of fused-ring (bicyclic) bond motifs is 1. The Balaban J connectivity index is 1.67. The van der Waals surface area contributed by atoms with E-state index in [9.17, 15) is 4.79 Å². The number of pyridine rings is 1. The van der Waals surface area contributed by atoms with Crippen molar-refractivity contribution in [2.45, 2.75) is 26.6 Å². The van der Waals surface area contributed by atoms with Gasteiger partial charge in [0.15, 0.2) is 0 Å². The zero-order valence-corrected chi connectivity index (χ0v) is 16.3. The van der Waals surface area contributed by atoms with E-state index >= 15 is 0 Å². The van der Waals surface area contributed by atoms with E-state index in [2.05, 4.69) is 42.3 Å². The van der Waals surface area contributed by atoms with Crippen molar-refractivity contribution >= 4 is 11.6 Å². The van der Waals surface area contributed by atoms with Crippen molar-refractivity contribution in [3.05, 3.63) is 88.7 Å². The molecule has 0 fully saturated rings. The number of hydrogen-bond donors (Lipinski definition) is 1. The summed E-state index contributed by atoms with van der Waals surface area (Å²) >= 11 is 0. The van der Waals surface area contributed by atoms with Crippen LogP contribution < -0.4 is 10.1 Å². The molecule has 5 heteroatoms. The lowest BCUT2D eigenvalue weighted by Crippen LogP contribution is -2.32. The minimum absolute atomic E-state index is 0.0128. The molecular formula is C23H23N3O2. The van der Waals surface area contributed by atoms with Crippen molar-refractivity contribution < 1.29 is 9.53 Å². The molecule has 0 spiro atoms. The summed E-state index contributed by atoms with van der Waals surface area (Å²) < 4.78 is 5.23. The van der Waals surface area contributed by atoms with Crippen LogP contribution in [0.25, 0.3) is 0 Å². The van der Waals surface area contributed by atoms with Gasteiger partial charge in [0.25, 0.3) is 5.91 Å². The fraction of sp³-hybridized carbons (Fsp3) is 0.217. The SMILES string of the molecule is COc1ccc(CN2C(=O)c3cccnc3[C@H]2Nc2ccc(C)cc2C)cc1. The van der Waals surface area contributed by atoms with Crippen molar-refractivity contribution in [3.8, 4) is 5.75 Å². The van der Waals surface area contributed by atoms with Gasteiger partial charge in [0.2, 0.25) is 0 Å². The molecule has 1 atom stereocenters. The number of carbonyl (C=O) groups excluding carboxylic acids is 1. The fourth-order valence-corrected chi connectivity index (χ4v) is 3.60. The van der Waals surface area contributed by atoms with Crippen LogP contribution in [0.4, 0.5) is 5.69 Å². The maximum Gasteiger partial charge on any atom is 0.258 e. The topological polar surface area (TPSA) is 54.5 Å². The summed E-state index contributed by atoms with van der Waals surface area (Å²) in [5, 5.41) is 3.53. The van der Waals surface area contributed by atoms with Crippen LogP contribution in [0.2, 0.25) is 0 Å². The van der Waals surface area contributed by atoms with E-state index < -0.39 is 0 Å². The Hall–Kier alpha value is -3.34. The van der Waals surface area contributed by atoms with Crippen LogP contribution in [0.3, 0.4) is 0 Å². The number of hydrogen-bond acceptors (Lipinski definition) is 4. The third-order valence-corrected chi connectivity index (χ3v) is 5.09. The predicted molar refractivity (Wildman–Crippen MR) is 109 cm³/mol. The minimum Gasteiger partial charge on any atom is -0.497 e. The molecule has 0 saturated heterocycles. The summed E-state index contributed by atoms with van der Waals surface area (Å²) in [6, 6.07) is 17.7. The number of benzene rings is 2. The number of nitrogens with zero attached hydrogens (tertiary/aromatic N) is 2. The third kappa shape index (κ3) is 3.31. The first kappa shape index (κ1) is 18.0. The number of rotatable bonds is 5. The molecule has 1 aliphatic heterocycles. The summed E-state index contributed by atoms with van der Waals surface area (Å²) in [4.78, 5) is 19.4. The number of aromatic nitrogens is 1. The quantitative estimate of drug-likeness (QED) is 0.717. The first-order valence-electron chi connectivity index (χ1n) is 9.29. The molecule has 28 heavy (non-hydrogen) atoms. The van der Waals surface area contributed by atoms with Crippen LogP contribution in [0, 0.1) is 13.8 Å². The molecule has 1 aromatic heterocycles. The van der Waals surface area contributed by atoms with Crippen LogP contribution in [-0.4, -0.2) is 22.9 Å². The number of carbonyl (C=O) groups is 1. The van der Waals surface area contributed by atoms with Gasteiger partial charge in [-0.05, 0) is 55.3 Å². The molecule has 1 amide bonds. The van der Waals surface area contributed by atoms with Crippen molar-refractivity contribution in [3.63, 3.8) is 0 Å². The number of aryl methyl sites for hydroxylation is 2. The number of amides is 1. The second-order valence-electron chi connectivity index (χ2n) is 7.08. The molecule has 5 nitrogen and oxygen atoms in total. The third-order valence-electron chi connectivity index (χ3n) is 5.09. The van der Waals surface area contributed by atoms with Gasteiger partial charge in [-0.1, -0.05) is 29.8 Å². The lowest BCUT2D eigenvalue weighted by atomic mass is 10.1. The molecule has 0 aliphatic carbocycles. The molecule has 0 bridgehead atoms. The molecule has 3 aromatic rings. The van der Waals surface area contributed by atoms with Gasteiger partial charge in [0.05, 0.1) is 18.4 Å². The zero-order valence-electron chi connectivity index (χ0n) is 16.3. The van der Waals surface area contributed by atoms with Crippen LogP contribution in [0.1, 0.15) is 38.9 Å². The maximum atomic E-state index is 13.1. The number of anilines is 1. The molecule has 4 rings (SSSR count). The highest BCUT2D eigenvalue weighted by atomic mass is 16.5. The van der Waals surface area contributed by atoms with Gasteiger partial charge in [-0.2, -0.15) is 0 Å². The Labute approximate surface area is 165 Å². The number of nitrogens with one attached hydrogen (secondary N) is 1. The van der Waals surface area contributed by atoms with Crippen molar-refractivity contribution in [1.29, 1.82) is 0 Å². The fourth-order valence-electron chi connectivity index (χ4n) is 3.60. The molecule has 142 valence electrons. The van der Waals surface area contributed by atoms with Crippen molar-refractivity contribution in [2.24, 2.45) is 0 Å². The second-order valence-corrected chi connectivity index (χ2v) is 7.08. The zero-order chi connectivity index (χ0) is 19.7. The maximum absolute atomic E-state index is 13.1. The lowest BCUT2D eigenvalue weighted by molar-refractivity contribution is 0.0727. The largest absolute Gasteiger partial charge is 0.497 e. The molecule has 0 saturated carbocycles. The van der Waals surface area contributed by atoms with Crippen LogP contribution in [0.15, 0.2) is 60.8 Å². The van der Waals surface area contributed by atoms with Gasteiger partial charge in [0, 0.05) is 18.4 Å². The predicted octanol–water partition coefficient (Wildman–Crippen LogP) is 4.47. The smallest absolute Gasteiger partial charge is 0.258 e. The van der Waals surface area contributed by atoms with Gasteiger partial charge in [-0.15, -0.1) is 0 Å². The van der Waals surface area contributed by atoms with Gasteiger partial charge in [0.1, 0.15) is 11.9 Å². The van der Waals surface area contributed by atoms with E-state index in [1.165, 1.54) is 5.56 Å². The van der Waals surface area contributed by atoms with E-state index in [0.29, 0.717) is 12.1 Å². The lowest BCUT2D eigenvalue weighted by Gasteiger charge is -2.27. The summed E-state index contributed by atoms with van der Waals surface area (Å²) in [5.41, 5.74) is 5.80. The van der Waals surface area contributed by atoms with Crippen LogP contribution >= 0.6 is 0 Å². The molecule has 0 radical (unpaired) electrons. The summed E-state index contributed by atoms with van der Waals surface area (Å²) in [6.45, 7) is 4.63. The molecule has 0 unspecified atom stereocenters. The first-order chi connectivity index (χ1) is 13.6. The molecule has 2 heterocycles. The Morgan fingerprint density at radius 3 is 2.61 bits per heavy atom. The van der Waals surface area contributed by atoms with Crippen LogP contribution in [-0.2, 0) is 6.54 Å².